The van der Waals surface area contributed by atoms with Crippen LogP contribution in [-0.2, 0) is 5.41 Å². The predicted molar refractivity (Wildman–Crippen MR) is 240 cm³/mol. The number of nitrogens with zero attached hydrogens (tertiary/aromatic N) is 2. The van der Waals surface area contributed by atoms with Crippen molar-refractivity contribution in [3.63, 3.8) is 0 Å². The lowest BCUT2D eigenvalue weighted by Gasteiger charge is -2.28. The van der Waals surface area contributed by atoms with Gasteiger partial charge in [-0.1, -0.05) is 170 Å². The van der Waals surface area contributed by atoms with Gasteiger partial charge in [-0.15, -0.1) is 11.3 Å². The molecule has 8 aromatic carbocycles. The van der Waals surface area contributed by atoms with Crippen LogP contribution in [0, 0.1) is 0 Å². The van der Waals surface area contributed by atoms with E-state index in [1.807, 2.05) is 17.4 Å². The minimum absolute atomic E-state index is 0.301. The van der Waals surface area contributed by atoms with Crippen molar-refractivity contribution in [1.82, 2.24) is 9.97 Å². The number of fused-ring (bicyclic) bond motifs is 6. The fraction of sp³-hybridized carbons (Fsp3) is 0.0370. The highest BCUT2D eigenvalue weighted by molar-refractivity contribution is 7.25. The second kappa shape index (κ2) is 13.4. The van der Waals surface area contributed by atoms with E-state index in [0.29, 0.717) is 5.82 Å². The second-order valence-corrected chi connectivity index (χ2v) is 16.1. The monoisotopic (exact) mass is 744 g/mol. The van der Waals surface area contributed by atoms with E-state index in [2.05, 4.69) is 201 Å². The summed E-state index contributed by atoms with van der Waals surface area (Å²) in [4.78, 5) is 10.6. The molecule has 1 unspecified atom stereocenters. The van der Waals surface area contributed by atoms with Gasteiger partial charge >= 0.3 is 0 Å². The highest BCUT2D eigenvalue weighted by Crippen LogP contribution is 2.55. The van der Waals surface area contributed by atoms with Gasteiger partial charge in [-0.2, -0.15) is 0 Å². The first-order chi connectivity index (χ1) is 28.1. The third kappa shape index (κ3) is 5.46. The molecule has 1 atom stereocenters. The molecule has 2 aromatic heterocycles. The first-order valence-electron chi connectivity index (χ1n) is 19.5. The van der Waals surface area contributed by atoms with Gasteiger partial charge in [0.05, 0.1) is 11.4 Å². The van der Waals surface area contributed by atoms with Gasteiger partial charge in [-0.05, 0) is 87.3 Å². The van der Waals surface area contributed by atoms with E-state index in [4.69, 9.17) is 9.97 Å². The lowest BCUT2D eigenvalue weighted by molar-refractivity contribution is 0.714. The molecule has 0 saturated carbocycles. The number of hydrogen-bond acceptors (Lipinski definition) is 3. The Morgan fingerprint density at radius 3 is 1.79 bits per heavy atom. The fourth-order valence-electron chi connectivity index (χ4n) is 9.01. The van der Waals surface area contributed by atoms with Crippen LogP contribution in [0.3, 0.4) is 0 Å². The summed E-state index contributed by atoms with van der Waals surface area (Å²) in [5, 5.41) is 2.61. The Morgan fingerprint density at radius 1 is 0.386 bits per heavy atom. The fourth-order valence-corrected chi connectivity index (χ4v) is 10.1. The number of benzene rings is 8. The lowest BCUT2D eigenvalue weighted by Crippen LogP contribution is -2.22. The number of rotatable bonds is 6. The van der Waals surface area contributed by atoms with Crippen LogP contribution in [0.1, 0.15) is 23.6 Å². The van der Waals surface area contributed by atoms with E-state index >= 15 is 0 Å². The molecule has 0 amide bonds. The van der Waals surface area contributed by atoms with Crippen LogP contribution in [0.15, 0.2) is 200 Å². The van der Waals surface area contributed by atoms with Gasteiger partial charge in [0.1, 0.15) is 0 Å². The Balaban J connectivity index is 1.07. The quantitative estimate of drug-likeness (QED) is 0.169. The van der Waals surface area contributed by atoms with Crippen molar-refractivity contribution in [2.75, 3.05) is 0 Å². The van der Waals surface area contributed by atoms with Crippen molar-refractivity contribution >= 4 is 31.5 Å². The lowest BCUT2D eigenvalue weighted by atomic mass is 9.74. The van der Waals surface area contributed by atoms with E-state index in [9.17, 15) is 0 Å². The molecule has 1 aliphatic carbocycles. The van der Waals surface area contributed by atoms with Crippen molar-refractivity contribution in [3.05, 3.63) is 217 Å². The van der Waals surface area contributed by atoms with Crippen LogP contribution < -0.4 is 0 Å². The Hall–Kier alpha value is -6.94. The maximum Gasteiger partial charge on any atom is 0.160 e. The summed E-state index contributed by atoms with van der Waals surface area (Å²) in [5.74, 6) is 0.708. The van der Waals surface area contributed by atoms with Gasteiger partial charge in [-0.3, -0.25) is 0 Å². The summed E-state index contributed by atoms with van der Waals surface area (Å²) in [5.41, 5.74) is 15.8. The summed E-state index contributed by atoms with van der Waals surface area (Å²) in [6.07, 6.45) is 0. The molecule has 0 N–H and O–H groups in total. The van der Waals surface area contributed by atoms with Crippen molar-refractivity contribution in [2.45, 2.75) is 12.3 Å². The van der Waals surface area contributed by atoms with Crippen LogP contribution >= 0.6 is 11.3 Å². The molecule has 0 spiro atoms. The molecule has 0 aliphatic heterocycles. The molecule has 10 aromatic rings. The average molecular weight is 745 g/mol. The number of hydrogen-bond donors (Lipinski definition) is 0. The van der Waals surface area contributed by atoms with Gasteiger partial charge in [0.25, 0.3) is 0 Å². The van der Waals surface area contributed by atoms with E-state index in [1.54, 1.807) is 0 Å². The largest absolute Gasteiger partial charge is 0.228 e. The highest BCUT2D eigenvalue weighted by atomic mass is 32.1. The molecular formula is C54H36N2S. The Morgan fingerprint density at radius 2 is 0.965 bits per heavy atom. The van der Waals surface area contributed by atoms with E-state index in [-0.39, 0.29) is 5.41 Å². The molecule has 2 nitrogen and oxygen atoms in total. The summed E-state index contributed by atoms with van der Waals surface area (Å²) < 4.78 is 2.63. The zero-order valence-corrected chi connectivity index (χ0v) is 32.2. The first-order valence-corrected chi connectivity index (χ1v) is 20.3. The normalized spacial score (nSPS) is 14.5. The molecule has 11 rings (SSSR count). The highest BCUT2D eigenvalue weighted by Gasteiger charge is 2.41. The molecule has 57 heavy (non-hydrogen) atoms. The van der Waals surface area contributed by atoms with Crippen LogP contribution in [0.5, 0.6) is 0 Å². The minimum atomic E-state index is -0.301. The second-order valence-electron chi connectivity index (χ2n) is 15.0. The van der Waals surface area contributed by atoms with Crippen LogP contribution in [0.2, 0.25) is 0 Å². The van der Waals surface area contributed by atoms with E-state index < -0.39 is 0 Å². The van der Waals surface area contributed by atoms with Gasteiger partial charge < -0.3 is 0 Å². The zero-order valence-electron chi connectivity index (χ0n) is 31.4. The summed E-state index contributed by atoms with van der Waals surface area (Å²) >= 11 is 1.85. The summed E-state index contributed by atoms with van der Waals surface area (Å²) in [6, 6.07) is 72.2. The molecule has 2 heterocycles. The standard InChI is InChI=1S/C54H36N2S/c1-54(39-20-6-3-7-21-39)46-27-12-10-25-43(46)52-44(26-15-28-47(52)54)49-34-48(55-53(56-49)35-16-4-2-5-17-35)38-19-14-18-36(32-38)40-22-8-9-23-41(40)37-30-31-51-45(33-37)42-24-11-13-29-50(42)57-51/h2-34H,1H3. The van der Waals surface area contributed by atoms with Gasteiger partial charge in [0, 0.05) is 42.3 Å². The minimum Gasteiger partial charge on any atom is -0.228 e. The van der Waals surface area contributed by atoms with Crippen molar-refractivity contribution in [3.8, 4) is 67.3 Å². The average Bonchev–Trinajstić information content (AvgIpc) is 3.79. The molecule has 3 heteroatoms. The third-order valence-corrected chi connectivity index (χ3v) is 13.0. The SMILES string of the molecule is CC1(c2ccccc2)c2ccccc2-c2c(-c3cc(-c4cccc(-c5ccccc5-c5ccc6sc7ccccc7c6c5)c4)nc(-c4ccccc4)n3)cccc21. The molecule has 1 aliphatic rings. The van der Waals surface area contributed by atoms with Gasteiger partial charge in [0.2, 0.25) is 0 Å². The summed E-state index contributed by atoms with van der Waals surface area (Å²) in [6.45, 7) is 2.36. The topological polar surface area (TPSA) is 25.8 Å². The molecular weight excluding hydrogens is 709 g/mol. The molecule has 0 fully saturated rings. The van der Waals surface area contributed by atoms with E-state index in [1.165, 1.54) is 64.7 Å². The van der Waals surface area contributed by atoms with Crippen molar-refractivity contribution in [2.24, 2.45) is 0 Å². The van der Waals surface area contributed by atoms with Crippen molar-refractivity contribution < 1.29 is 0 Å². The number of aromatic nitrogens is 2. The predicted octanol–water partition coefficient (Wildman–Crippen LogP) is 14.5. The molecule has 0 bridgehead atoms. The molecule has 268 valence electrons. The van der Waals surface area contributed by atoms with Crippen LogP contribution in [-0.4, -0.2) is 9.97 Å². The van der Waals surface area contributed by atoms with E-state index in [0.717, 1.165) is 33.6 Å². The van der Waals surface area contributed by atoms with Gasteiger partial charge in [0.15, 0.2) is 5.82 Å². The van der Waals surface area contributed by atoms with Crippen molar-refractivity contribution in [1.29, 1.82) is 0 Å². The Bertz CT molecular complexity index is 3140. The Kier molecular flexibility index (Phi) is 7.84. The smallest absolute Gasteiger partial charge is 0.160 e. The maximum absolute atomic E-state index is 5.34. The van der Waals surface area contributed by atoms with Crippen LogP contribution in [0.4, 0.5) is 0 Å². The van der Waals surface area contributed by atoms with Crippen LogP contribution in [0.25, 0.3) is 87.5 Å². The van der Waals surface area contributed by atoms with Gasteiger partial charge in [-0.25, -0.2) is 9.97 Å². The number of thiophene rings is 1. The summed E-state index contributed by atoms with van der Waals surface area (Å²) in [7, 11) is 0. The first kappa shape index (κ1) is 33.4. The zero-order chi connectivity index (χ0) is 37.9. The molecule has 0 saturated heterocycles. The Labute approximate surface area is 336 Å². The molecule has 0 radical (unpaired) electrons. The maximum atomic E-state index is 5.34. The third-order valence-electron chi connectivity index (χ3n) is 11.8.